The first-order valence-electron chi connectivity index (χ1n) is 12.1. The van der Waals surface area contributed by atoms with Gasteiger partial charge in [-0.1, -0.05) is 91.8 Å². The predicted octanol–water partition coefficient (Wildman–Crippen LogP) is 8.09. The van der Waals surface area contributed by atoms with Crippen molar-refractivity contribution < 1.29 is 22.2 Å². The average Bonchev–Trinajstić information content (AvgIpc) is 3.22. The van der Waals surface area contributed by atoms with Crippen LogP contribution in [0.25, 0.3) is 0 Å². The maximum Gasteiger partial charge on any atom is 1.00 e. The van der Waals surface area contributed by atoms with E-state index >= 15 is 0 Å². The Morgan fingerprint density at radius 1 is 0.636 bits per heavy atom. The van der Waals surface area contributed by atoms with E-state index in [0.29, 0.717) is 23.7 Å². The molecule has 0 aliphatic carbocycles. The van der Waals surface area contributed by atoms with E-state index in [4.69, 9.17) is 5.11 Å². The van der Waals surface area contributed by atoms with Crippen molar-refractivity contribution in [1.82, 2.24) is 0 Å². The van der Waals surface area contributed by atoms with Crippen molar-refractivity contribution in [3.05, 3.63) is 77.7 Å². The molecule has 0 saturated carbocycles. The zero-order valence-corrected chi connectivity index (χ0v) is 22.8. The Morgan fingerprint density at radius 2 is 0.879 bits per heavy atom. The summed E-state index contributed by atoms with van der Waals surface area (Å²) in [5.74, 6) is 1.92. The van der Waals surface area contributed by atoms with Gasteiger partial charge in [-0.05, 0) is 65.2 Å². The van der Waals surface area contributed by atoms with Crippen LogP contribution >= 0.6 is 0 Å². The molecular weight excluding hydrogens is 456 g/mol. The SMILES string of the molecule is CC(C)c1cccc(C(C)C)c1N1C=CN(c2c(C(C)C)cccc2C(C)C)[CH-]1.CCO.[Cu+]. The Kier molecular flexibility index (Phi) is 11.7. The molecule has 0 fully saturated rings. The van der Waals surface area contributed by atoms with Gasteiger partial charge in [-0.25, -0.2) is 0 Å². The molecule has 3 nitrogen and oxygen atoms in total. The van der Waals surface area contributed by atoms with E-state index in [-0.39, 0.29) is 23.7 Å². The molecule has 0 amide bonds. The molecule has 1 aliphatic rings. The Morgan fingerprint density at radius 3 is 1.09 bits per heavy atom. The molecular formula is C29H43CuN2O. The predicted molar refractivity (Wildman–Crippen MR) is 140 cm³/mol. The third kappa shape index (κ3) is 6.88. The largest absolute Gasteiger partial charge is 1.00 e. The van der Waals surface area contributed by atoms with E-state index in [1.54, 1.807) is 6.92 Å². The van der Waals surface area contributed by atoms with Crippen molar-refractivity contribution in [2.75, 3.05) is 16.4 Å². The van der Waals surface area contributed by atoms with E-state index in [0.717, 1.165) is 0 Å². The summed E-state index contributed by atoms with van der Waals surface area (Å²) in [6.07, 6.45) is 4.43. The molecule has 0 spiro atoms. The van der Waals surface area contributed by atoms with Gasteiger partial charge in [0.1, 0.15) is 0 Å². The number of benzene rings is 2. The molecule has 3 rings (SSSR count). The normalized spacial score (nSPS) is 13.2. The monoisotopic (exact) mass is 498 g/mol. The summed E-state index contributed by atoms with van der Waals surface area (Å²) in [7, 11) is 0. The number of para-hydroxylation sites is 2. The van der Waals surface area contributed by atoms with Gasteiger partial charge in [-0.3, -0.25) is 0 Å². The van der Waals surface area contributed by atoms with E-state index in [9.17, 15) is 0 Å². The second-order valence-electron chi connectivity index (χ2n) is 9.73. The molecule has 33 heavy (non-hydrogen) atoms. The van der Waals surface area contributed by atoms with Crippen molar-refractivity contribution >= 4 is 11.4 Å². The van der Waals surface area contributed by atoms with E-state index in [2.05, 4.69) is 121 Å². The summed E-state index contributed by atoms with van der Waals surface area (Å²) >= 11 is 0. The first-order chi connectivity index (χ1) is 15.1. The Bertz CT molecular complexity index is 778. The summed E-state index contributed by atoms with van der Waals surface area (Å²) in [6.45, 7) is 22.5. The molecule has 0 unspecified atom stereocenters. The van der Waals surface area contributed by atoms with Crippen molar-refractivity contribution in [3.63, 3.8) is 0 Å². The number of aliphatic hydroxyl groups excluding tert-OH is 1. The van der Waals surface area contributed by atoms with Crippen LogP contribution in [0.15, 0.2) is 48.8 Å². The smallest absolute Gasteiger partial charge is 0.479 e. The Balaban J connectivity index is 0.00000129. The van der Waals surface area contributed by atoms with Crippen LogP contribution in [0.1, 0.15) is 108 Å². The molecule has 4 heteroatoms. The number of aliphatic hydroxyl groups is 1. The molecule has 2 aromatic carbocycles. The van der Waals surface area contributed by atoms with Gasteiger partial charge in [0.05, 0.1) is 0 Å². The van der Waals surface area contributed by atoms with Crippen LogP contribution in [-0.2, 0) is 17.1 Å². The minimum atomic E-state index is 0. The van der Waals surface area contributed by atoms with Gasteiger partial charge < -0.3 is 14.9 Å². The first-order valence-corrected chi connectivity index (χ1v) is 12.1. The Labute approximate surface area is 213 Å². The van der Waals surface area contributed by atoms with Crippen LogP contribution in [0.3, 0.4) is 0 Å². The van der Waals surface area contributed by atoms with Gasteiger partial charge in [0.15, 0.2) is 0 Å². The molecule has 0 saturated heterocycles. The second kappa shape index (κ2) is 13.2. The molecule has 2 aromatic rings. The third-order valence-electron chi connectivity index (χ3n) is 5.84. The van der Waals surface area contributed by atoms with Crippen molar-refractivity contribution in [1.29, 1.82) is 0 Å². The van der Waals surface area contributed by atoms with Gasteiger partial charge >= 0.3 is 17.1 Å². The quantitative estimate of drug-likeness (QED) is 0.322. The first kappa shape index (κ1) is 29.3. The van der Waals surface area contributed by atoms with E-state index in [1.165, 1.54) is 33.6 Å². The minimum absolute atomic E-state index is 0. The maximum atomic E-state index is 7.57. The van der Waals surface area contributed by atoms with Crippen LogP contribution < -0.4 is 9.80 Å². The summed E-state index contributed by atoms with van der Waals surface area (Å²) in [4.78, 5) is 4.65. The molecule has 1 heterocycles. The van der Waals surface area contributed by atoms with Gasteiger partial charge in [0.2, 0.25) is 0 Å². The molecule has 0 atom stereocenters. The zero-order valence-electron chi connectivity index (χ0n) is 21.9. The van der Waals surface area contributed by atoms with Gasteiger partial charge in [-0.2, -0.15) is 0 Å². The number of nitrogens with zero attached hydrogens (tertiary/aromatic N) is 2. The molecule has 0 bridgehead atoms. The topological polar surface area (TPSA) is 26.7 Å². The van der Waals surface area contributed by atoms with Gasteiger partial charge in [0.25, 0.3) is 0 Å². The fraction of sp³-hybridized carbons (Fsp3) is 0.483. The fourth-order valence-electron chi connectivity index (χ4n) is 4.24. The zero-order chi connectivity index (χ0) is 24.0. The molecule has 1 N–H and O–H groups in total. The van der Waals surface area contributed by atoms with E-state index in [1.807, 2.05) is 0 Å². The number of anilines is 2. The standard InChI is InChI=1S/C27H37N2.C2H6O.Cu/c1-18(2)22-11-9-12-23(19(3)4)26(22)28-15-16-29(17-28)27-24(20(5)6)13-10-14-25(27)21(7)8;1-2-3;/h9-21H,1-8H3;3H,2H2,1H3;/q-1;;+1. The van der Waals surface area contributed by atoms with Crippen LogP contribution in [0.2, 0.25) is 0 Å². The minimum Gasteiger partial charge on any atom is -0.479 e. The van der Waals surface area contributed by atoms with Crippen LogP contribution in [-0.4, -0.2) is 11.7 Å². The van der Waals surface area contributed by atoms with Crippen molar-refractivity contribution in [3.8, 4) is 0 Å². The number of hydrogen-bond acceptors (Lipinski definition) is 3. The fourth-order valence-corrected chi connectivity index (χ4v) is 4.24. The second-order valence-corrected chi connectivity index (χ2v) is 9.73. The van der Waals surface area contributed by atoms with Crippen molar-refractivity contribution in [2.24, 2.45) is 0 Å². The van der Waals surface area contributed by atoms with Gasteiger partial charge in [-0.15, -0.1) is 6.67 Å². The van der Waals surface area contributed by atoms with E-state index < -0.39 is 0 Å². The summed E-state index contributed by atoms with van der Waals surface area (Å²) in [5, 5.41) is 7.57. The van der Waals surface area contributed by atoms with Crippen LogP contribution in [0, 0.1) is 6.67 Å². The molecule has 0 radical (unpaired) electrons. The number of rotatable bonds is 6. The summed E-state index contributed by atoms with van der Waals surface area (Å²) in [6, 6.07) is 13.5. The average molecular weight is 499 g/mol. The Hall–Kier alpha value is -1.74. The molecule has 0 aromatic heterocycles. The molecule has 186 valence electrons. The third-order valence-corrected chi connectivity index (χ3v) is 5.84. The van der Waals surface area contributed by atoms with Gasteiger partial charge in [0, 0.05) is 18.0 Å². The number of hydrogen-bond donors (Lipinski definition) is 1. The molecule has 1 aliphatic heterocycles. The summed E-state index contributed by atoms with van der Waals surface area (Å²) < 4.78 is 0. The van der Waals surface area contributed by atoms with Crippen LogP contribution in [0.4, 0.5) is 11.4 Å². The summed E-state index contributed by atoms with van der Waals surface area (Å²) in [5.41, 5.74) is 8.29. The van der Waals surface area contributed by atoms with Crippen molar-refractivity contribution in [2.45, 2.75) is 86.0 Å². The van der Waals surface area contributed by atoms with Crippen LogP contribution in [0.5, 0.6) is 0 Å². The maximum absolute atomic E-state index is 7.57.